The molecule has 8 nitrogen and oxygen atoms in total. The summed E-state index contributed by atoms with van der Waals surface area (Å²) in [4.78, 5) is 29.8. The van der Waals surface area contributed by atoms with Gasteiger partial charge in [0, 0.05) is 31.9 Å². The molecule has 1 aliphatic rings. The number of likely N-dealkylation sites (tertiary alicyclic amines) is 1. The Morgan fingerprint density at radius 1 is 1.39 bits per heavy atom. The van der Waals surface area contributed by atoms with Crippen molar-refractivity contribution in [3.05, 3.63) is 53.6 Å². The normalized spacial score (nSPS) is 16.5. The van der Waals surface area contributed by atoms with Crippen LogP contribution in [0.15, 0.2) is 36.5 Å². The predicted octanol–water partition coefficient (Wildman–Crippen LogP) is 2.25. The Morgan fingerprint density at radius 3 is 2.94 bits per heavy atom. The molecule has 9 heteroatoms. The van der Waals surface area contributed by atoms with E-state index < -0.39 is 5.82 Å². The summed E-state index contributed by atoms with van der Waals surface area (Å²) in [5.74, 6) is -0.636. The lowest BCUT2D eigenvalue weighted by Gasteiger charge is -2.33. The summed E-state index contributed by atoms with van der Waals surface area (Å²) in [5, 5.41) is 4.08. The van der Waals surface area contributed by atoms with Crippen molar-refractivity contribution >= 4 is 23.7 Å². The third-order valence-corrected chi connectivity index (χ3v) is 5.09. The Hall–Kier alpha value is -3.04. The quantitative estimate of drug-likeness (QED) is 0.470. The number of hydrogen-bond donors (Lipinski definition) is 2. The molecule has 2 heterocycles. The van der Waals surface area contributed by atoms with Crippen molar-refractivity contribution in [1.29, 1.82) is 0 Å². The van der Waals surface area contributed by atoms with E-state index in [9.17, 15) is 14.0 Å². The molecule has 1 aliphatic heterocycles. The van der Waals surface area contributed by atoms with Gasteiger partial charge in [-0.25, -0.2) is 9.40 Å². The molecule has 1 aromatic carbocycles. The van der Waals surface area contributed by atoms with Gasteiger partial charge < -0.3 is 10.1 Å². The number of carbonyl (C=O) groups is 2. The molecule has 2 amide bonds. The first-order chi connectivity index (χ1) is 15.0. The zero-order valence-corrected chi connectivity index (χ0v) is 17.8. The Kier molecular flexibility index (Phi) is 7.91. The minimum absolute atomic E-state index is 0.0445. The van der Waals surface area contributed by atoms with Gasteiger partial charge in [0.2, 0.25) is 12.3 Å². The van der Waals surface area contributed by atoms with Crippen LogP contribution < -0.4 is 15.8 Å². The number of nitrogens with one attached hydrogen (secondary N) is 2. The summed E-state index contributed by atoms with van der Waals surface area (Å²) in [5.41, 5.74) is 5.30. The number of rotatable bonds is 9. The first kappa shape index (κ1) is 22.6. The minimum atomic E-state index is -0.508. The number of pyridine rings is 1. The summed E-state index contributed by atoms with van der Waals surface area (Å²) >= 11 is 0. The highest BCUT2D eigenvalue weighted by atomic mass is 19.1. The van der Waals surface area contributed by atoms with Gasteiger partial charge in [0.1, 0.15) is 18.1 Å². The molecule has 0 radical (unpaired) electrons. The Balaban J connectivity index is 1.67. The van der Waals surface area contributed by atoms with Crippen molar-refractivity contribution in [2.45, 2.75) is 32.4 Å². The van der Waals surface area contributed by atoms with Crippen LogP contribution in [0.1, 0.15) is 24.1 Å². The third kappa shape index (κ3) is 6.47. The van der Waals surface area contributed by atoms with Crippen LogP contribution in [-0.2, 0) is 20.9 Å². The zero-order valence-electron chi connectivity index (χ0n) is 17.8. The number of hydrogen-bond acceptors (Lipinski definition) is 6. The molecule has 0 saturated carbocycles. The molecular weight excluding hydrogens is 401 g/mol. The van der Waals surface area contributed by atoms with E-state index in [1.165, 1.54) is 13.2 Å². The van der Waals surface area contributed by atoms with E-state index in [1.54, 1.807) is 30.5 Å². The Bertz CT molecular complexity index is 893. The van der Waals surface area contributed by atoms with Gasteiger partial charge in [-0.15, -0.1) is 0 Å². The molecule has 3 rings (SSSR count). The van der Waals surface area contributed by atoms with E-state index in [-0.39, 0.29) is 24.2 Å². The molecule has 0 spiro atoms. The summed E-state index contributed by atoms with van der Waals surface area (Å²) in [7, 11) is 1.49. The lowest BCUT2D eigenvalue weighted by atomic mass is 10.0. The minimum Gasteiger partial charge on any atom is -0.375 e. The van der Waals surface area contributed by atoms with Crippen LogP contribution in [0.25, 0.3) is 0 Å². The Morgan fingerprint density at radius 2 is 2.23 bits per heavy atom. The number of piperidine rings is 1. The number of aryl methyl sites for hydroxylation is 1. The summed E-state index contributed by atoms with van der Waals surface area (Å²) < 4.78 is 19.4. The first-order valence-corrected chi connectivity index (χ1v) is 10.2. The molecule has 31 heavy (non-hydrogen) atoms. The van der Waals surface area contributed by atoms with Gasteiger partial charge >= 0.3 is 0 Å². The van der Waals surface area contributed by atoms with Crippen LogP contribution in [0.4, 0.5) is 15.8 Å². The number of nitrogens with zero attached hydrogens (tertiary/aromatic N) is 3. The SMILES string of the molecule is COCC(=O)N[C@H]1CCCN(Cc2ccc(F)c(N(C=O)Nc3ccc(C)nc3)c2)C1. The molecule has 1 atom stereocenters. The molecule has 1 aromatic heterocycles. The maximum Gasteiger partial charge on any atom is 0.246 e. The van der Waals surface area contributed by atoms with Crippen molar-refractivity contribution in [3.8, 4) is 0 Å². The van der Waals surface area contributed by atoms with Crippen molar-refractivity contribution in [2.24, 2.45) is 0 Å². The molecule has 0 unspecified atom stereocenters. The molecule has 2 N–H and O–H groups in total. The first-order valence-electron chi connectivity index (χ1n) is 10.2. The second-order valence-electron chi connectivity index (χ2n) is 7.64. The summed E-state index contributed by atoms with van der Waals surface area (Å²) in [6.45, 7) is 4.07. The molecule has 1 fully saturated rings. The maximum absolute atomic E-state index is 14.5. The number of ether oxygens (including phenoxy) is 1. The number of amides is 2. The van der Waals surface area contributed by atoms with Crippen molar-refractivity contribution in [3.63, 3.8) is 0 Å². The Labute approximate surface area is 181 Å². The van der Waals surface area contributed by atoms with E-state index in [2.05, 4.69) is 20.6 Å². The summed E-state index contributed by atoms with van der Waals surface area (Å²) in [6.07, 6.45) is 3.98. The molecule has 2 aromatic rings. The standard InChI is InChI=1S/C22H28FN5O3/c1-16-5-7-18(11-24-16)26-28(15-29)21-10-17(6-8-20(21)23)12-27-9-3-4-19(13-27)25-22(30)14-31-2/h5-8,10-11,15,19,26H,3-4,9,12-14H2,1-2H3,(H,25,30)/t19-/m0/s1. The van der Waals surface area contributed by atoms with E-state index in [0.717, 1.165) is 35.7 Å². The number of halogens is 1. The van der Waals surface area contributed by atoms with Gasteiger partial charge in [0.05, 0.1) is 11.9 Å². The fourth-order valence-corrected chi connectivity index (χ4v) is 3.63. The largest absolute Gasteiger partial charge is 0.375 e. The van der Waals surface area contributed by atoms with Crippen LogP contribution in [-0.4, -0.2) is 55.0 Å². The summed E-state index contributed by atoms with van der Waals surface area (Å²) in [6, 6.07) is 8.35. The van der Waals surface area contributed by atoms with Crippen LogP contribution in [0.5, 0.6) is 0 Å². The highest BCUT2D eigenvalue weighted by Gasteiger charge is 2.22. The van der Waals surface area contributed by atoms with E-state index in [1.807, 2.05) is 6.92 Å². The average Bonchev–Trinajstić information content (AvgIpc) is 2.75. The monoisotopic (exact) mass is 429 g/mol. The highest BCUT2D eigenvalue weighted by molar-refractivity contribution is 5.79. The zero-order chi connectivity index (χ0) is 22.2. The van der Waals surface area contributed by atoms with Gasteiger partial charge in [-0.2, -0.15) is 0 Å². The molecular formula is C22H28FN5O3. The van der Waals surface area contributed by atoms with Crippen LogP contribution >= 0.6 is 0 Å². The van der Waals surface area contributed by atoms with Crippen molar-refractivity contribution in [1.82, 2.24) is 15.2 Å². The number of carbonyl (C=O) groups excluding carboxylic acids is 2. The van der Waals surface area contributed by atoms with Gasteiger partial charge in [0.25, 0.3) is 0 Å². The fourth-order valence-electron chi connectivity index (χ4n) is 3.63. The van der Waals surface area contributed by atoms with E-state index in [0.29, 0.717) is 25.2 Å². The lowest BCUT2D eigenvalue weighted by Crippen LogP contribution is -2.48. The number of aromatic nitrogens is 1. The van der Waals surface area contributed by atoms with E-state index in [4.69, 9.17) is 4.74 Å². The topological polar surface area (TPSA) is 86.8 Å². The smallest absolute Gasteiger partial charge is 0.246 e. The van der Waals surface area contributed by atoms with Crippen LogP contribution in [0, 0.1) is 12.7 Å². The molecule has 0 aliphatic carbocycles. The van der Waals surface area contributed by atoms with Crippen LogP contribution in [0.2, 0.25) is 0 Å². The van der Waals surface area contributed by atoms with Crippen molar-refractivity contribution in [2.75, 3.05) is 37.2 Å². The third-order valence-electron chi connectivity index (χ3n) is 5.09. The highest BCUT2D eigenvalue weighted by Crippen LogP contribution is 2.23. The lowest BCUT2D eigenvalue weighted by molar-refractivity contribution is -0.125. The maximum atomic E-state index is 14.5. The van der Waals surface area contributed by atoms with Crippen LogP contribution in [0.3, 0.4) is 0 Å². The van der Waals surface area contributed by atoms with Gasteiger partial charge in [0.15, 0.2) is 0 Å². The van der Waals surface area contributed by atoms with Gasteiger partial charge in [-0.3, -0.25) is 24.9 Å². The number of hydrazine groups is 1. The number of benzene rings is 1. The fraction of sp³-hybridized carbons (Fsp3) is 0.409. The predicted molar refractivity (Wildman–Crippen MR) is 116 cm³/mol. The van der Waals surface area contributed by atoms with Gasteiger partial charge in [-0.1, -0.05) is 6.07 Å². The second kappa shape index (κ2) is 10.8. The van der Waals surface area contributed by atoms with E-state index >= 15 is 0 Å². The molecule has 166 valence electrons. The number of methoxy groups -OCH3 is 1. The average molecular weight is 429 g/mol. The van der Waals surface area contributed by atoms with Gasteiger partial charge in [-0.05, 0) is 56.1 Å². The van der Waals surface area contributed by atoms with Crippen molar-refractivity contribution < 1.29 is 18.7 Å². The molecule has 0 bridgehead atoms. The number of anilines is 2. The molecule has 1 saturated heterocycles. The second-order valence-corrected chi connectivity index (χ2v) is 7.64.